The molecule has 0 saturated heterocycles. The monoisotopic (exact) mass is 361 g/mol. The maximum Gasteiger partial charge on any atom is 0.180 e. The molecule has 4 nitrogen and oxygen atoms in total. The van der Waals surface area contributed by atoms with Gasteiger partial charge in [0.2, 0.25) is 0 Å². The minimum atomic E-state index is 0.0633. The second kappa shape index (κ2) is 9.35. The Bertz CT molecular complexity index is 717. The van der Waals surface area contributed by atoms with Crippen molar-refractivity contribution in [2.45, 2.75) is 25.7 Å². The molecule has 0 aliphatic heterocycles. The van der Waals surface area contributed by atoms with Crippen molar-refractivity contribution in [2.75, 3.05) is 0 Å². The summed E-state index contributed by atoms with van der Waals surface area (Å²) in [6, 6.07) is 15.5. The summed E-state index contributed by atoms with van der Waals surface area (Å²) in [5.41, 5.74) is 7.83. The number of hydrogen-bond acceptors (Lipinski definition) is 4. The van der Waals surface area contributed by atoms with E-state index in [1.807, 2.05) is 50.2 Å². The highest BCUT2D eigenvalue weighted by atomic mass is 35.5. The summed E-state index contributed by atoms with van der Waals surface area (Å²) in [6.45, 7) is 3.93. The number of thioether (sulfide) groups is 1. The number of benzene rings is 2. The lowest BCUT2D eigenvalue weighted by Gasteiger charge is -2.12. The molecule has 0 bridgehead atoms. The Labute approximate surface area is 151 Å². The minimum Gasteiger partial charge on any atom is -0.490 e. The van der Waals surface area contributed by atoms with Crippen LogP contribution < -0.4 is 10.5 Å². The van der Waals surface area contributed by atoms with Gasteiger partial charge in [0.05, 0.1) is 12.3 Å². The van der Waals surface area contributed by atoms with Gasteiger partial charge in [0.1, 0.15) is 5.75 Å². The normalized spacial score (nSPS) is 12.1. The van der Waals surface area contributed by atoms with Crippen LogP contribution in [0.3, 0.4) is 0 Å². The molecule has 2 aromatic carbocycles. The molecule has 0 fully saturated rings. The summed E-state index contributed by atoms with van der Waals surface area (Å²) < 4.78 is 5.73. The Morgan fingerprint density at radius 2 is 2.00 bits per heavy atom. The summed E-state index contributed by atoms with van der Waals surface area (Å²) in [7, 11) is 0. The van der Waals surface area contributed by atoms with Gasteiger partial charge in [-0.3, -0.25) is 0 Å². The summed E-state index contributed by atoms with van der Waals surface area (Å²) in [4.78, 5) is 0. The number of amidine groups is 1. The first kappa shape index (κ1) is 18.4. The fourth-order valence-electron chi connectivity index (χ4n) is 1.89. The number of halogens is 1. The molecule has 2 N–H and O–H groups in total. The number of ether oxygens (including phenoxy) is 1. The number of rotatable bonds is 6. The van der Waals surface area contributed by atoms with Crippen molar-refractivity contribution in [1.29, 1.82) is 0 Å². The van der Waals surface area contributed by atoms with Gasteiger partial charge >= 0.3 is 0 Å². The van der Waals surface area contributed by atoms with Gasteiger partial charge in [0, 0.05) is 16.3 Å². The van der Waals surface area contributed by atoms with E-state index in [0.29, 0.717) is 15.9 Å². The third-order valence-electron chi connectivity index (χ3n) is 2.92. The maximum atomic E-state index is 6.03. The van der Waals surface area contributed by atoms with Crippen LogP contribution >= 0.6 is 23.4 Å². The molecule has 0 aliphatic carbocycles. The molecule has 0 aliphatic rings. The van der Waals surface area contributed by atoms with E-state index >= 15 is 0 Å². The largest absolute Gasteiger partial charge is 0.490 e. The van der Waals surface area contributed by atoms with E-state index in [0.717, 1.165) is 11.3 Å². The Balaban J connectivity index is 2.00. The zero-order chi connectivity index (χ0) is 17.4. The van der Waals surface area contributed by atoms with E-state index in [2.05, 4.69) is 10.2 Å². The first-order valence-corrected chi connectivity index (χ1v) is 8.90. The lowest BCUT2D eigenvalue weighted by atomic mass is 10.2. The summed E-state index contributed by atoms with van der Waals surface area (Å²) in [5.74, 6) is 1.47. The Kier molecular flexibility index (Phi) is 7.15. The van der Waals surface area contributed by atoms with Crippen LogP contribution in [0.1, 0.15) is 25.0 Å². The molecule has 126 valence electrons. The van der Waals surface area contributed by atoms with Gasteiger partial charge in [0.15, 0.2) is 5.17 Å². The Hall–Kier alpha value is -1.98. The highest BCUT2D eigenvalue weighted by Gasteiger charge is 2.05. The zero-order valence-electron chi connectivity index (χ0n) is 13.6. The third-order valence-corrected chi connectivity index (χ3v) is 4.01. The van der Waals surface area contributed by atoms with Crippen molar-refractivity contribution >= 4 is 34.7 Å². The van der Waals surface area contributed by atoms with Crippen molar-refractivity contribution < 1.29 is 4.74 Å². The molecule has 0 unspecified atom stereocenters. The molecule has 0 spiro atoms. The van der Waals surface area contributed by atoms with Crippen LogP contribution in [0.2, 0.25) is 5.02 Å². The standard InChI is InChI=1S/C18H20ClN3OS/c1-13(2)23-17-9-8-16(19)10-15(17)11-21-22-18(20)24-12-14-6-4-3-5-7-14/h3-11,13H,12H2,1-2H3,(H2,20,22). The number of nitrogens with two attached hydrogens (primary N) is 1. The summed E-state index contributed by atoms with van der Waals surface area (Å²) in [6.07, 6.45) is 1.66. The van der Waals surface area contributed by atoms with Crippen LogP contribution in [0.4, 0.5) is 0 Å². The van der Waals surface area contributed by atoms with Crippen molar-refractivity contribution in [3.63, 3.8) is 0 Å². The lowest BCUT2D eigenvalue weighted by Crippen LogP contribution is -2.07. The first-order chi connectivity index (χ1) is 11.5. The number of hydrogen-bond donors (Lipinski definition) is 1. The molecule has 0 radical (unpaired) electrons. The molecular formula is C18H20ClN3OS. The van der Waals surface area contributed by atoms with Crippen LogP contribution in [0.5, 0.6) is 5.75 Å². The van der Waals surface area contributed by atoms with E-state index in [1.54, 1.807) is 18.3 Å². The average molecular weight is 362 g/mol. The van der Waals surface area contributed by atoms with Crippen LogP contribution in [0, 0.1) is 0 Å². The van der Waals surface area contributed by atoms with Gasteiger partial charge in [-0.2, -0.15) is 5.10 Å². The first-order valence-electron chi connectivity index (χ1n) is 7.54. The van der Waals surface area contributed by atoms with Gasteiger partial charge in [-0.05, 0) is 37.6 Å². The van der Waals surface area contributed by atoms with E-state index in [1.165, 1.54) is 17.3 Å². The molecule has 2 aromatic rings. The fraction of sp³-hybridized carbons (Fsp3) is 0.222. The van der Waals surface area contributed by atoms with Crippen molar-refractivity contribution in [2.24, 2.45) is 15.9 Å². The molecular weight excluding hydrogens is 342 g/mol. The minimum absolute atomic E-state index is 0.0633. The second-order valence-corrected chi connectivity index (χ2v) is 6.74. The summed E-state index contributed by atoms with van der Waals surface area (Å²) in [5, 5.41) is 9.07. The molecule has 0 amide bonds. The smallest absolute Gasteiger partial charge is 0.180 e. The molecule has 0 atom stereocenters. The quantitative estimate of drug-likeness (QED) is 0.460. The van der Waals surface area contributed by atoms with Crippen LogP contribution in [-0.4, -0.2) is 17.5 Å². The third kappa shape index (κ3) is 6.26. The van der Waals surface area contributed by atoms with Crippen LogP contribution in [0.15, 0.2) is 58.7 Å². The topological polar surface area (TPSA) is 60.0 Å². The SMILES string of the molecule is CC(C)Oc1ccc(Cl)cc1C=NN=C(N)SCc1ccccc1. The molecule has 0 heterocycles. The predicted octanol–water partition coefficient (Wildman–Crippen LogP) is 4.71. The molecule has 6 heteroatoms. The second-order valence-electron chi connectivity index (χ2n) is 5.31. The predicted molar refractivity (Wildman–Crippen MR) is 104 cm³/mol. The fourth-order valence-corrected chi connectivity index (χ4v) is 2.68. The Morgan fingerprint density at radius 1 is 1.25 bits per heavy atom. The van der Waals surface area contributed by atoms with Gasteiger partial charge in [-0.15, -0.1) is 5.10 Å². The highest BCUT2D eigenvalue weighted by Crippen LogP contribution is 2.22. The number of nitrogens with zero attached hydrogens (tertiary/aromatic N) is 2. The Morgan fingerprint density at radius 3 is 2.71 bits per heavy atom. The zero-order valence-corrected chi connectivity index (χ0v) is 15.2. The highest BCUT2D eigenvalue weighted by molar-refractivity contribution is 8.13. The van der Waals surface area contributed by atoms with Gasteiger partial charge < -0.3 is 10.5 Å². The maximum absolute atomic E-state index is 6.03. The van der Waals surface area contributed by atoms with Crippen LogP contribution in [0.25, 0.3) is 0 Å². The van der Waals surface area contributed by atoms with Crippen molar-refractivity contribution in [3.05, 3.63) is 64.7 Å². The van der Waals surface area contributed by atoms with E-state index in [-0.39, 0.29) is 6.10 Å². The van der Waals surface area contributed by atoms with Crippen LogP contribution in [-0.2, 0) is 5.75 Å². The van der Waals surface area contributed by atoms with Gasteiger partial charge in [-0.25, -0.2) is 0 Å². The average Bonchev–Trinajstić information content (AvgIpc) is 2.56. The van der Waals surface area contributed by atoms with E-state index in [9.17, 15) is 0 Å². The molecule has 0 saturated carbocycles. The van der Waals surface area contributed by atoms with E-state index in [4.69, 9.17) is 22.1 Å². The van der Waals surface area contributed by atoms with Crippen molar-refractivity contribution in [3.8, 4) is 5.75 Å². The van der Waals surface area contributed by atoms with E-state index < -0.39 is 0 Å². The van der Waals surface area contributed by atoms with Gasteiger partial charge in [-0.1, -0.05) is 53.7 Å². The van der Waals surface area contributed by atoms with Crippen molar-refractivity contribution in [1.82, 2.24) is 0 Å². The molecule has 24 heavy (non-hydrogen) atoms. The lowest BCUT2D eigenvalue weighted by molar-refractivity contribution is 0.242. The summed E-state index contributed by atoms with van der Waals surface area (Å²) >= 11 is 7.47. The van der Waals surface area contributed by atoms with Gasteiger partial charge in [0.25, 0.3) is 0 Å². The molecule has 2 rings (SSSR count). The molecule has 0 aromatic heterocycles.